The molecule has 0 N–H and O–H groups in total. The molecule has 0 unspecified atom stereocenters. The third-order valence-electron chi connectivity index (χ3n) is 5.01. The Kier molecular flexibility index (Phi) is 4.93. The van der Waals surface area contributed by atoms with Gasteiger partial charge in [-0.15, -0.1) is 0 Å². The molecular formula is C28H18O3. The van der Waals surface area contributed by atoms with Crippen molar-refractivity contribution in [3.05, 3.63) is 101 Å². The van der Waals surface area contributed by atoms with E-state index in [1.165, 1.54) is 0 Å². The summed E-state index contributed by atoms with van der Waals surface area (Å²) >= 11 is 0. The average Bonchev–Trinajstić information content (AvgIpc) is 3.29. The fraction of sp³-hybridized carbons (Fsp3) is 0.0714. The van der Waals surface area contributed by atoms with E-state index in [-0.39, 0.29) is 6.79 Å². The van der Waals surface area contributed by atoms with Gasteiger partial charge in [0.15, 0.2) is 11.5 Å². The molecule has 0 fully saturated rings. The Morgan fingerprint density at radius 2 is 1.13 bits per heavy atom. The van der Waals surface area contributed by atoms with Crippen LogP contribution < -0.4 is 14.2 Å². The van der Waals surface area contributed by atoms with Gasteiger partial charge in [0.1, 0.15) is 5.75 Å². The van der Waals surface area contributed by atoms with Crippen molar-refractivity contribution in [2.45, 2.75) is 0 Å². The molecule has 148 valence electrons. The van der Waals surface area contributed by atoms with E-state index in [4.69, 9.17) is 14.2 Å². The Morgan fingerprint density at radius 3 is 1.81 bits per heavy atom. The smallest absolute Gasteiger partial charge is 0.231 e. The third-order valence-corrected chi connectivity index (χ3v) is 5.01. The van der Waals surface area contributed by atoms with E-state index in [1.807, 2.05) is 54.6 Å². The molecule has 4 aromatic rings. The Hall–Kier alpha value is -4.34. The van der Waals surface area contributed by atoms with Crippen LogP contribution in [0.1, 0.15) is 22.3 Å². The Morgan fingerprint density at radius 1 is 0.581 bits per heavy atom. The van der Waals surface area contributed by atoms with Crippen molar-refractivity contribution in [3.63, 3.8) is 0 Å². The van der Waals surface area contributed by atoms with Crippen LogP contribution in [0.25, 0.3) is 10.8 Å². The van der Waals surface area contributed by atoms with E-state index in [9.17, 15) is 0 Å². The molecular weight excluding hydrogens is 384 g/mol. The van der Waals surface area contributed by atoms with Crippen LogP contribution in [0.15, 0.2) is 78.9 Å². The van der Waals surface area contributed by atoms with Gasteiger partial charge in [-0.25, -0.2) is 0 Å². The molecule has 0 aromatic heterocycles. The molecule has 1 aliphatic heterocycles. The van der Waals surface area contributed by atoms with Gasteiger partial charge in [-0.1, -0.05) is 35.8 Å². The van der Waals surface area contributed by atoms with Crippen LogP contribution in [0.5, 0.6) is 17.2 Å². The highest BCUT2D eigenvalue weighted by atomic mass is 16.7. The van der Waals surface area contributed by atoms with Crippen molar-refractivity contribution in [2.24, 2.45) is 0 Å². The van der Waals surface area contributed by atoms with Gasteiger partial charge in [0.2, 0.25) is 6.79 Å². The average molecular weight is 402 g/mol. The van der Waals surface area contributed by atoms with Crippen LogP contribution in [0.3, 0.4) is 0 Å². The van der Waals surface area contributed by atoms with Gasteiger partial charge >= 0.3 is 0 Å². The van der Waals surface area contributed by atoms with Crippen molar-refractivity contribution >= 4 is 10.8 Å². The molecule has 0 spiro atoms. The van der Waals surface area contributed by atoms with Crippen molar-refractivity contribution in [2.75, 3.05) is 13.9 Å². The lowest BCUT2D eigenvalue weighted by Gasteiger charge is -2.00. The molecule has 0 radical (unpaired) electrons. The summed E-state index contributed by atoms with van der Waals surface area (Å²) in [4.78, 5) is 0. The first kappa shape index (κ1) is 18.7. The van der Waals surface area contributed by atoms with Gasteiger partial charge in [-0.2, -0.15) is 0 Å². The van der Waals surface area contributed by atoms with E-state index in [2.05, 4.69) is 47.9 Å². The second-order valence-electron chi connectivity index (χ2n) is 7.07. The number of hydrogen-bond donors (Lipinski definition) is 0. The summed E-state index contributed by atoms with van der Waals surface area (Å²) in [7, 11) is 1.66. The third kappa shape index (κ3) is 4.17. The highest BCUT2D eigenvalue weighted by Crippen LogP contribution is 2.32. The molecule has 0 aliphatic carbocycles. The van der Waals surface area contributed by atoms with Gasteiger partial charge in [0, 0.05) is 22.3 Å². The second kappa shape index (κ2) is 8.19. The molecule has 3 nitrogen and oxygen atoms in total. The second-order valence-corrected chi connectivity index (χ2v) is 7.07. The maximum Gasteiger partial charge on any atom is 0.231 e. The SMILES string of the molecule is COc1ccc(C#Cc2ccc3ccc(C#Cc4ccc5c(c4)OCO5)cc3c2)cc1. The van der Waals surface area contributed by atoms with Gasteiger partial charge in [0.05, 0.1) is 7.11 Å². The van der Waals surface area contributed by atoms with Gasteiger partial charge in [-0.05, 0) is 77.5 Å². The molecule has 0 bridgehead atoms. The molecule has 0 saturated heterocycles. The van der Waals surface area contributed by atoms with Crippen LogP contribution in [0, 0.1) is 23.7 Å². The highest BCUT2D eigenvalue weighted by Gasteiger charge is 2.12. The lowest BCUT2D eigenvalue weighted by molar-refractivity contribution is 0.174. The summed E-state index contributed by atoms with van der Waals surface area (Å²) in [6, 6.07) is 25.9. The Labute approximate surface area is 181 Å². The predicted molar refractivity (Wildman–Crippen MR) is 121 cm³/mol. The molecule has 4 aromatic carbocycles. The number of hydrogen-bond acceptors (Lipinski definition) is 3. The maximum absolute atomic E-state index is 5.42. The van der Waals surface area contributed by atoms with Gasteiger partial charge < -0.3 is 14.2 Å². The van der Waals surface area contributed by atoms with E-state index < -0.39 is 0 Å². The van der Waals surface area contributed by atoms with E-state index >= 15 is 0 Å². The zero-order valence-electron chi connectivity index (χ0n) is 16.9. The molecule has 0 atom stereocenters. The van der Waals surface area contributed by atoms with Crippen molar-refractivity contribution in [3.8, 4) is 40.9 Å². The predicted octanol–water partition coefficient (Wildman–Crippen LogP) is 5.38. The summed E-state index contributed by atoms with van der Waals surface area (Å²) in [6.07, 6.45) is 0. The van der Waals surface area contributed by atoms with Crippen LogP contribution in [0.4, 0.5) is 0 Å². The first-order chi connectivity index (χ1) is 15.3. The van der Waals surface area contributed by atoms with Crippen molar-refractivity contribution in [1.29, 1.82) is 0 Å². The topological polar surface area (TPSA) is 27.7 Å². The van der Waals surface area contributed by atoms with Crippen LogP contribution in [-0.4, -0.2) is 13.9 Å². The Bertz CT molecular complexity index is 1390. The first-order valence-corrected chi connectivity index (χ1v) is 9.88. The lowest BCUT2D eigenvalue weighted by Crippen LogP contribution is -1.92. The first-order valence-electron chi connectivity index (χ1n) is 9.88. The van der Waals surface area contributed by atoms with Gasteiger partial charge in [-0.3, -0.25) is 0 Å². The largest absolute Gasteiger partial charge is 0.497 e. The van der Waals surface area contributed by atoms with E-state index in [0.717, 1.165) is 50.3 Å². The molecule has 1 aliphatic rings. The quantitative estimate of drug-likeness (QED) is 0.400. The van der Waals surface area contributed by atoms with Gasteiger partial charge in [0.25, 0.3) is 0 Å². The highest BCUT2D eigenvalue weighted by molar-refractivity contribution is 5.85. The summed E-state index contributed by atoms with van der Waals surface area (Å²) in [5.74, 6) is 15.2. The van der Waals surface area contributed by atoms with Crippen LogP contribution in [0.2, 0.25) is 0 Å². The molecule has 0 amide bonds. The molecule has 5 rings (SSSR count). The summed E-state index contributed by atoms with van der Waals surface area (Å²) in [5.41, 5.74) is 3.75. The maximum atomic E-state index is 5.42. The molecule has 31 heavy (non-hydrogen) atoms. The fourth-order valence-corrected chi connectivity index (χ4v) is 3.34. The van der Waals surface area contributed by atoms with Crippen molar-refractivity contribution < 1.29 is 14.2 Å². The monoisotopic (exact) mass is 402 g/mol. The minimum Gasteiger partial charge on any atom is -0.497 e. The normalized spacial score (nSPS) is 11.3. The zero-order chi connectivity index (χ0) is 21.0. The van der Waals surface area contributed by atoms with Crippen LogP contribution in [-0.2, 0) is 0 Å². The lowest BCUT2D eigenvalue weighted by atomic mass is 10.0. The minimum absolute atomic E-state index is 0.264. The standard InChI is InChI=1S/C28H18O3/c1-29-26-13-8-20(9-14-26)2-3-21-6-11-24-12-7-22(17-25(24)16-21)4-5-23-10-15-27-28(18-23)31-19-30-27/h6-18H,19H2,1H3. The van der Waals surface area contributed by atoms with Crippen molar-refractivity contribution in [1.82, 2.24) is 0 Å². The molecule has 0 saturated carbocycles. The molecule has 3 heteroatoms. The van der Waals surface area contributed by atoms with Crippen LogP contribution >= 0.6 is 0 Å². The summed E-state index contributed by atoms with van der Waals surface area (Å²) in [6.45, 7) is 0.264. The summed E-state index contributed by atoms with van der Waals surface area (Å²) < 4.78 is 16.0. The number of ether oxygens (including phenoxy) is 3. The molecule has 1 heterocycles. The summed E-state index contributed by atoms with van der Waals surface area (Å²) in [5, 5.41) is 2.27. The number of rotatable bonds is 1. The fourth-order valence-electron chi connectivity index (χ4n) is 3.34. The van der Waals surface area contributed by atoms with E-state index in [0.29, 0.717) is 0 Å². The minimum atomic E-state index is 0.264. The van der Waals surface area contributed by atoms with E-state index in [1.54, 1.807) is 7.11 Å². The Balaban J connectivity index is 1.40. The number of benzene rings is 4. The number of methoxy groups -OCH3 is 1. The zero-order valence-corrected chi connectivity index (χ0v) is 16.9. The number of fused-ring (bicyclic) bond motifs is 2.